The fraction of sp³-hybridized carbons (Fsp3) is 0.429. The van der Waals surface area contributed by atoms with E-state index in [2.05, 4.69) is 68.5 Å². The Bertz CT molecular complexity index is 597. The summed E-state index contributed by atoms with van der Waals surface area (Å²) in [6.07, 6.45) is 0. The lowest BCUT2D eigenvalue weighted by Gasteiger charge is -2.21. The van der Waals surface area contributed by atoms with Crippen molar-refractivity contribution in [2.45, 2.75) is 27.3 Å². The Labute approximate surface area is 132 Å². The lowest BCUT2D eigenvalue weighted by molar-refractivity contribution is 0.871. The Morgan fingerprint density at radius 3 is 2.70 bits per heavy atom. The smallest absolute Gasteiger partial charge is 0.137 e. The highest BCUT2D eigenvalue weighted by molar-refractivity contribution is 9.11. The van der Waals surface area contributed by atoms with E-state index >= 15 is 0 Å². The van der Waals surface area contributed by atoms with Crippen LogP contribution in [0, 0.1) is 13.8 Å². The zero-order valence-corrected chi connectivity index (χ0v) is 14.6. The number of anilines is 2. The van der Waals surface area contributed by atoms with Crippen molar-refractivity contribution in [3.05, 3.63) is 32.2 Å². The van der Waals surface area contributed by atoms with Gasteiger partial charge in [0.05, 0.1) is 3.79 Å². The molecular formula is C14H19BrN4S. The Morgan fingerprint density at radius 2 is 2.10 bits per heavy atom. The molecule has 0 radical (unpaired) electrons. The molecule has 0 spiro atoms. The first kappa shape index (κ1) is 15.3. The summed E-state index contributed by atoms with van der Waals surface area (Å²) in [5.41, 5.74) is 2.37. The van der Waals surface area contributed by atoms with E-state index in [1.54, 1.807) is 11.3 Å². The molecule has 0 atom stereocenters. The van der Waals surface area contributed by atoms with Gasteiger partial charge in [0.2, 0.25) is 0 Å². The van der Waals surface area contributed by atoms with E-state index < -0.39 is 0 Å². The van der Waals surface area contributed by atoms with Crippen molar-refractivity contribution >= 4 is 38.9 Å². The van der Waals surface area contributed by atoms with E-state index in [1.165, 1.54) is 5.56 Å². The Morgan fingerprint density at radius 1 is 1.35 bits per heavy atom. The fourth-order valence-electron chi connectivity index (χ4n) is 2.10. The lowest BCUT2D eigenvalue weighted by atomic mass is 10.2. The molecule has 0 unspecified atom stereocenters. The maximum absolute atomic E-state index is 4.59. The van der Waals surface area contributed by atoms with Gasteiger partial charge >= 0.3 is 0 Å². The summed E-state index contributed by atoms with van der Waals surface area (Å²) >= 11 is 5.21. The van der Waals surface area contributed by atoms with E-state index in [-0.39, 0.29) is 0 Å². The topological polar surface area (TPSA) is 41.1 Å². The van der Waals surface area contributed by atoms with Gasteiger partial charge in [-0.2, -0.15) is 0 Å². The molecule has 0 bridgehead atoms. The van der Waals surface area contributed by atoms with Crippen LogP contribution in [0.5, 0.6) is 0 Å². The second-order valence-electron chi connectivity index (χ2n) is 4.71. The quantitative estimate of drug-likeness (QED) is 0.881. The van der Waals surface area contributed by atoms with Crippen molar-refractivity contribution in [1.29, 1.82) is 0 Å². The summed E-state index contributed by atoms with van der Waals surface area (Å²) in [6, 6.07) is 2.15. The first-order valence-electron chi connectivity index (χ1n) is 6.54. The van der Waals surface area contributed by atoms with Gasteiger partial charge in [-0.3, -0.25) is 0 Å². The molecule has 0 aromatic carbocycles. The van der Waals surface area contributed by atoms with Crippen molar-refractivity contribution in [2.24, 2.45) is 0 Å². The van der Waals surface area contributed by atoms with Crippen LogP contribution in [0.1, 0.15) is 23.9 Å². The number of nitrogens with zero attached hydrogens (tertiary/aromatic N) is 3. The predicted molar refractivity (Wildman–Crippen MR) is 89.8 cm³/mol. The summed E-state index contributed by atoms with van der Waals surface area (Å²) in [7, 11) is 2.07. The minimum Gasteiger partial charge on any atom is -0.370 e. The number of nitrogens with one attached hydrogen (secondary N) is 1. The summed E-state index contributed by atoms with van der Waals surface area (Å²) < 4.78 is 1.16. The van der Waals surface area contributed by atoms with Crippen molar-refractivity contribution < 1.29 is 0 Å². The van der Waals surface area contributed by atoms with Gasteiger partial charge in [0.15, 0.2) is 0 Å². The molecule has 0 saturated heterocycles. The highest BCUT2D eigenvalue weighted by atomic mass is 79.9. The molecule has 0 saturated carbocycles. The summed E-state index contributed by atoms with van der Waals surface area (Å²) in [5, 5.41) is 5.46. The zero-order valence-electron chi connectivity index (χ0n) is 12.2. The maximum atomic E-state index is 4.59. The average Bonchev–Trinajstić information content (AvgIpc) is 2.79. The van der Waals surface area contributed by atoms with Crippen molar-refractivity contribution in [2.75, 3.05) is 23.8 Å². The molecule has 0 aliphatic carbocycles. The van der Waals surface area contributed by atoms with Gasteiger partial charge in [0.25, 0.3) is 0 Å². The SMILES string of the molecule is CCNc1nc(C)nc(N(C)Cc2csc(Br)c2)c1C. The van der Waals surface area contributed by atoms with Crippen molar-refractivity contribution in [3.8, 4) is 0 Å². The number of hydrogen-bond acceptors (Lipinski definition) is 5. The van der Waals surface area contributed by atoms with Gasteiger partial charge in [0, 0.05) is 25.7 Å². The monoisotopic (exact) mass is 354 g/mol. The Kier molecular flexibility index (Phi) is 4.99. The van der Waals surface area contributed by atoms with Crippen molar-refractivity contribution in [1.82, 2.24) is 9.97 Å². The molecule has 2 rings (SSSR count). The van der Waals surface area contributed by atoms with Crippen LogP contribution in [0.2, 0.25) is 0 Å². The average molecular weight is 355 g/mol. The van der Waals surface area contributed by atoms with E-state index in [0.717, 1.165) is 39.9 Å². The molecule has 108 valence electrons. The number of halogens is 1. The predicted octanol–water partition coefficient (Wildman–Crippen LogP) is 3.99. The third-order valence-corrected chi connectivity index (χ3v) is 4.53. The van der Waals surface area contributed by atoms with Gasteiger partial charge in [-0.1, -0.05) is 0 Å². The second-order valence-corrected chi connectivity index (χ2v) is 7.00. The molecule has 0 aliphatic heterocycles. The van der Waals surface area contributed by atoms with Crippen LogP contribution in [0.4, 0.5) is 11.6 Å². The van der Waals surface area contributed by atoms with Crippen LogP contribution in [0.3, 0.4) is 0 Å². The molecule has 20 heavy (non-hydrogen) atoms. The molecule has 4 nitrogen and oxygen atoms in total. The largest absolute Gasteiger partial charge is 0.370 e. The van der Waals surface area contributed by atoms with Crippen LogP contribution in [0.25, 0.3) is 0 Å². The number of aryl methyl sites for hydroxylation is 1. The first-order chi connectivity index (χ1) is 9.51. The first-order valence-corrected chi connectivity index (χ1v) is 8.21. The second kappa shape index (κ2) is 6.54. The van der Waals surface area contributed by atoms with Gasteiger partial charge in [-0.25, -0.2) is 9.97 Å². The molecule has 0 fully saturated rings. The molecule has 2 aromatic heterocycles. The number of aromatic nitrogens is 2. The van der Waals surface area contributed by atoms with Crippen LogP contribution >= 0.6 is 27.3 Å². The molecule has 2 aromatic rings. The molecule has 0 aliphatic rings. The van der Waals surface area contributed by atoms with E-state index in [4.69, 9.17) is 0 Å². The Hall–Kier alpha value is -1.14. The van der Waals surface area contributed by atoms with Gasteiger partial charge in [0.1, 0.15) is 17.5 Å². The summed E-state index contributed by atoms with van der Waals surface area (Å²) in [5.74, 6) is 2.70. The number of hydrogen-bond donors (Lipinski definition) is 1. The highest BCUT2D eigenvalue weighted by Crippen LogP contribution is 2.26. The summed E-state index contributed by atoms with van der Waals surface area (Å²) in [4.78, 5) is 11.2. The summed E-state index contributed by atoms with van der Waals surface area (Å²) in [6.45, 7) is 7.76. The van der Waals surface area contributed by atoms with Gasteiger partial charge < -0.3 is 10.2 Å². The van der Waals surface area contributed by atoms with E-state index in [0.29, 0.717) is 0 Å². The number of rotatable bonds is 5. The van der Waals surface area contributed by atoms with Crippen molar-refractivity contribution in [3.63, 3.8) is 0 Å². The molecule has 0 amide bonds. The molecular weight excluding hydrogens is 336 g/mol. The maximum Gasteiger partial charge on any atom is 0.137 e. The molecule has 1 N–H and O–H groups in total. The van der Waals surface area contributed by atoms with E-state index in [9.17, 15) is 0 Å². The third-order valence-electron chi connectivity index (χ3n) is 2.98. The zero-order chi connectivity index (χ0) is 14.7. The van der Waals surface area contributed by atoms with E-state index in [1.807, 2.05) is 6.92 Å². The standard InChI is InChI=1S/C14H19BrN4S/c1-5-16-13-9(2)14(18-10(3)17-13)19(4)7-11-6-12(15)20-8-11/h6,8H,5,7H2,1-4H3,(H,16,17,18). The Balaban J connectivity index is 2.26. The van der Waals surface area contributed by atoms with Crippen LogP contribution < -0.4 is 10.2 Å². The lowest BCUT2D eigenvalue weighted by Crippen LogP contribution is -2.20. The minimum atomic E-state index is 0.792. The highest BCUT2D eigenvalue weighted by Gasteiger charge is 2.13. The molecule has 2 heterocycles. The van der Waals surface area contributed by atoms with Gasteiger partial charge in [-0.15, -0.1) is 11.3 Å². The third kappa shape index (κ3) is 3.49. The normalized spacial score (nSPS) is 10.7. The van der Waals surface area contributed by atoms with Gasteiger partial charge in [-0.05, 0) is 53.7 Å². The minimum absolute atomic E-state index is 0.792. The number of thiophene rings is 1. The van der Waals surface area contributed by atoms with Crippen LogP contribution in [0.15, 0.2) is 15.2 Å². The fourth-order valence-corrected chi connectivity index (χ4v) is 3.30. The van der Waals surface area contributed by atoms with Crippen LogP contribution in [-0.2, 0) is 6.54 Å². The molecule has 6 heteroatoms. The van der Waals surface area contributed by atoms with Crippen LogP contribution in [-0.4, -0.2) is 23.6 Å².